The van der Waals surface area contributed by atoms with Crippen LogP contribution in [0.1, 0.15) is 45.4 Å². The van der Waals surface area contributed by atoms with E-state index in [0.717, 1.165) is 19.4 Å². The van der Waals surface area contributed by atoms with Gasteiger partial charge in [-0.2, -0.15) is 0 Å². The molecule has 1 saturated carbocycles. The van der Waals surface area contributed by atoms with Crippen LogP contribution < -0.4 is 5.32 Å². The Morgan fingerprint density at radius 1 is 1.33 bits per heavy atom. The van der Waals surface area contributed by atoms with Gasteiger partial charge in [0.15, 0.2) is 0 Å². The predicted molar refractivity (Wildman–Crippen MR) is 51.2 cm³/mol. The Hall–Kier alpha value is -0.0800. The number of hydrogen-bond donors (Lipinski definition) is 2. The summed E-state index contributed by atoms with van der Waals surface area (Å²) in [6, 6.07) is 0.572. The van der Waals surface area contributed by atoms with Gasteiger partial charge in [0.2, 0.25) is 0 Å². The summed E-state index contributed by atoms with van der Waals surface area (Å²) in [5.74, 6) is 0. The van der Waals surface area contributed by atoms with Crippen LogP contribution in [0.2, 0.25) is 0 Å². The van der Waals surface area contributed by atoms with Crippen molar-refractivity contribution in [2.45, 2.75) is 57.6 Å². The van der Waals surface area contributed by atoms with Crippen molar-refractivity contribution in [1.29, 1.82) is 0 Å². The first-order valence-corrected chi connectivity index (χ1v) is 5.24. The topological polar surface area (TPSA) is 32.3 Å². The van der Waals surface area contributed by atoms with Crippen molar-refractivity contribution in [1.82, 2.24) is 5.32 Å². The molecular weight excluding hydrogens is 150 g/mol. The van der Waals surface area contributed by atoms with Gasteiger partial charge < -0.3 is 10.4 Å². The summed E-state index contributed by atoms with van der Waals surface area (Å²) in [6.07, 6.45) is 6.82. The largest absolute Gasteiger partial charge is 0.393 e. The van der Waals surface area contributed by atoms with Gasteiger partial charge in [-0.25, -0.2) is 0 Å². The molecule has 0 bridgehead atoms. The first-order valence-electron chi connectivity index (χ1n) is 5.24. The van der Waals surface area contributed by atoms with E-state index >= 15 is 0 Å². The number of aliphatic hydroxyl groups excluding tert-OH is 1. The zero-order chi connectivity index (χ0) is 8.81. The fraction of sp³-hybridized carbons (Fsp3) is 1.00. The van der Waals surface area contributed by atoms with E-state index in [4.69, 9.17) is 0 Å². The second-order valence-corrected chi connectivity index (χ2v) is 3.83. The summed E-state index contributed by atoms with van der Waals surface area (Å²) < 4.78 is 0. The van der Waals surface area contributed by atoms with E-state index in [9.17, 15) is 5.11 Å². The van der Waals surface area contributed by atoms with Crippen LogP contribution in [-0.2, 0) is 0 Å². The van der Waals surface area contributed by atoms with Crippen molar-refractivity contribution in [3.8, 4) is 0 Å². The summed E-state index contributed by atoms with van der Waals surface area (Å²) in [7, 11) is 0. The van der Waals surface area contributed by atoms with E-state index in [1.165, 1.54) is 25.7 Å². The average molecular weight is 171 g/mol. The van der Waals surface area contributed by atoms with E-state index in [2.05, 4.69) is 12.2 Å². The minimum atomic E-state index is -0.0538. The summed E-state index contributed by atoms with van der Waals surface area (Å²) in [5, 5.41) is 13.0. The molecule has 2 nitrogen and oxygen atoms in total. The van der Waals surface area contributed by atoms with Crippen molar-refractivity contribution in [2.75, 3.05) is 6.54 Å². The van der Waals surface area contributed by atoms with Crippen LogP contribution in [0.3, 0.4) is 0 Å². The molecule has 2 unspecified atom stereocenters. The summed E-state index contributed by atoms with van der Waals surface area (Å²) in [6.45, 7) is 3.28. The van der Waals surface area contributed by atoms with Crippen molar-refractivity contribution < 1.29 is 5.11 Å². The third-order valence-corrected chi connectivity index (χ3v) is 2.58. The van der Waals surface area contributed by atoms with Gasteiger partial charge in [-0.15, -0.1) is 0 Å². The highest BCUT2D eigenvalue weighted by atomic mass is 16.3. The molecule has 1 rings (SSSR count). The maximum Gasteiger partial charge on any atom is 0.0555 e. The highest BCUT2D eigenvalue weighted by Gasteiger charge is 2.16. The summed E-state index contributed by atoms with van der Waals surface area (Å²) in [4.78, 5) is 0. The molecule has 1 aliphatic carbocycles. The average Bonchev–Trinajstić information content (AvgIpc) is 2.26. The lowest BCUT2D eigenvalue weighted by Gasteiger charge is -2.17. The van der Waals surface area contributed by atoms with Crippen LogP contribution in [0.5, 0.6) is 0 Å². The lowest BCUT2D eigenvalue weighted by atomic mass is 10.1. The summed E-state index contributed by atoms with van der Waals surface area (Å²) >= 11 is 0. The molecule has 0 aromatic heterocycles. The molecule has 0 spiro atoms. The molecule has 0 aliphatic heterocycles. The molecule has 0 amide bonds. The van der Waals surface area contributed by atoms with E-state index < -0.39 is 0 Å². The maximum absolute atomic E-state index is 9.52. The molecule has 1 aliphatic rings. The van der Waals surface area contributed by atoms with E-state index in [1.807, 2.05) is 0 Å². The van der Waals surface area contributed by atoms with Crippen molar-refractivity contribution in [3.05, 3.63) is 0 Å². The molecule has 0 aromatic rings. The lowest BCUT2D eigenvalue weighted by molar-refractivity contribution is 0.147. The van der Waals surface area contributed by atoms with Crippen LogP contribution >= 0.6 is 0 Å². The van der Waals surface area contributed by atoms with Gasteiger partial charge in [0.25, 0.3) is 0 Å². The smallest absolute Gasteiger partial charge is 0.0555 e. The Balaban J connectivity index is 2.21. The number of hydrogen-bond acceptors (Lipinski definition) is 2. The number of nitrogens with one attached hydrogen (secondary N) is 1. The molecule has 0 heterocycles. The quantitative estimate of drug-likeness (QED) is 0.633. The Labute approximate surface area is 75.4 Å². The molecule has 12 heavy (non-hydrogen) atoms. The number of aliphatic hydroxyl groups is 1. The fourth-order valence-corrected chi connectivity index (χ4v) is 1.87. The highest BCUT2D eigenvalue weighted by molar-refractivity contribution is 4.75. The van der Waals surface area contributed by atoms with E-state index in [0.29, 0.717) is 6.04 Å². The second-order valence-electron chi connectivity index (χ2n) is 3.83. The van der Waals surface area contributed by atoms with Crippen LogP contribution in [0, 0.1) is 0 Å². The Kier molecular flexibility index (Phi) is 4.62. The molecule has 2 N–H and O–H groups in total. The molecular formula is C10H21NO. The highest BCUT2D eigenvalue weighted by Crippen LogP contribution is 2.17. The third-order valence-electron chi connectivity index (χ3n) is 2.58. The standard InChI is InChI=1S/C10H21NO/c1-2-7-11-9-5-3-4-6-10(12)8-9/h9-12H,2-8H2,1H3. The van der Waals surface area contributed by atoms with Crippen molar-refractivity contribution in [3.63, 3.8) is 0 Å². The molecule has 0 saturated heterocycles. The van der Waals surface area contributed by atoms with Gasteiger partial charge in [0.1, 0.15) is 0 Å². The van der Waals surface area contributed by atoms with Crippen molar-refractivity contribution in [2.24, 2.45) is 0 Å². The van der Waals surface area contributed by atoms with Gasteiger partial charge in [-0.3, -0.25) is 0 Å². The first-order chi connectivity index (χ1) is 5.83. The van der Waals surface area contributed by atoms with Gasteiger partial charge >= 0.3 is 0 Å². The Morgan fingerprint density at radius 2 is 2.08 bits per heavy atom. The van der Waals surface area contributed by atoms with Gasteiger partial charge in [0.05, 0.1) is 6.10 Å². The molecule has 72 valence electrons. The van der Waals surface area contributed by atoms with E-state index in [1.54, 1.807) is 0 Å². The fourth-order valence-electron chi connectivity index (χ4n) is 1.87. The zero-order valence-corrected chi connectivity index (χ0v) is 8.05. The van der Waals surface area contributed by atoms with Gasteiger partial charge in [0, 0.05) is 6.04 Å². The lowest BCUT2D eigenvalue weighted by Crippen LogP contribution is -2.31. The minimum Gasteiger partial charge on any atom is -0.393 e. The van der Waals surface area contributed by atoms with Crippen LogP contribution in [0.15, 0.2) is 0 Å². The van der Waals surface area contributed by atoms with E-state index in [-0.39, 0.29) is 6.10 Å². The van der Waals surface area contributed by atoms with Crippen LogP contribution in [0.25, 0.3) is 0 Å². The van der Waals surface area contributed by atoms with Crippen LogP contribution in [-0.4, -0.2) is 23.8 Å². The molecule has 2 heteroatoms. The maximum atomic E-state index is 9.52. The zero-order valence-electron chi connectivity index (χ0n) is 8.05. The monoisotopic (exact) mass is 171 g/mol. The minimum absolute atomic E-state index is 0.0538. The second kappa shape index (κ2) is 5.55. The molecule has 2 atom stereocenters. The molecule has 0 aromatic carbocycles. The normalized spacial score (nSPS) is 31.5. The third kappa shape index (κ3) is 3.55. The SMILES string of the molecule is CCCNC1CCCCC(O)C1. The first kappa shape index (κ1) is 10.0. The van der Waals surface area contributed by atoms with Gasteiger partial charge in [-0.1, -0.05) is 19.8 Å². The Morgan fingerprint density at radius 3 is 2.83 bits per heavy atom. The van der Waals surface area contributed by atoms with Gasteiger partial charge in [-0.05, 0) is 32.2 Å². The Bertz CT molecular complexity index is 116. The van der Waals surface area contributed by atoms with Crippen LogP contribution in [0.4, 0.5) is 0 Å². The van der Waals surface area contributed by atoms with Crippen molar-refractivity contribution >= 4 is 0 Å². The predicted octanol–water partition coefficient (Wildman–Crippen LogP) is 1.68. The summed E-state index contributed by atoms with van der Waals surface area (Å²) in [5.41, 5.74) is 0. The molecule has 0 radical (unpaired) electrons. The number of rotatable bonds is 3. The molecule has 1 fully saturated rings.